The molecule has 0 saturated heterocycles. The number of hydrogen-bond donors (Lipinski definition) is 2. The second kappa shape index (κ2) is 10.3. The fourth-order valence-electron chi connectivity index (χ4n) is 2.11. The van der Waals surface area contributed by atoms with Gasteiger partial charge in [-0.2, -0.15) is 11.8 Å². The van der Waals surface area contributed by atoms with Crippen LogP contribution in [0, 0.1) is 0 Å². The van der Waals surface area contributed by atoms with E-state index in [4.69, 9.17) is 4.99 Å². The van der Waals surface area contributed by atoms with Gasteiger partial charge in [-0.25, -0.2) is 0 Å². The third kappa shape index (κ3) is 7.39. The molecule has 2 N–H and O–H groups in total. The molecular weight excluding hydrogens is 268 g/mol. The van der Waals surface area contributed by atoms with E-state index in [1.165, 1.54) is 31.4 Å². The summed E-state index contributed by atoms with van der Waals surface area (Å²) in [5.41, 5.74) is 0. The maximum absolute atomic E-state index is 4.71. The van der Waals surface area contributed by atoms with Crippen molar-refractivity contribution in [3.63, 3.8) is 0 Å². The molecule has 20 heavy (non-hydrogen) atoms. The summed E-state index contributed by atoms with van der Waals surface area (Å²) in [7, 11) is 2.22. The van der Waals surface area contributed by atoms with Gasteiger partial charge >= 0.3 is 0 Å². The van der Waals surface area contributed by atoms with Gasteiger partial charge in [-0.1, -0.05) is 0 Å². The lowest BCUT2D eigenvalue weighted by Gasteiger charge is -2.23. The first kappa shape index (κ1) is 17.6. The van der Waals surface area contributed by atoms with Crippen LogP contribution in [-0.2, 0) is 0 Å². The lowest BCUT2D eigenvalue weighted by molar-refractivity contribution is 0.253. The molecule has 0 aromatic rings. The molecule has 1 aliphatic carbocycles. The highest BCUT2D eigenvalue weighted by molar-refractivity contribution is 7.98. The Balaban J connectivity index is 2.25. The number of unbranched alkanes of at least 4 members (excludes halogenated alkanes) is 1. The summed E-state index contributed by atoms with van der Waals surface area (Å²) in [4.78, 5) is 7.17. The van der Waals surface area contributed by atoms with Crippen LogP contribution in [0.3, 0.4) is 0 Å². The molecule has 0 aromatic carbocycles. The monoisotopic (exact) mass is 300 g/mol. The summed E-state index contributed by atoms with van der Waals surface area (Å²) in [6, 6.07) is 1.33. The third-order valence-corrected chi connectivity index (χ3v) is 4.44. The number of aliphatic imine (C=N–C) groups is 1. The molecule has 0 aliphatic heterocycles. The van der Waals surface area contributed by atoms with Gasteiger partial charge in [0.1, 0.15) is 0 Å². The smallest absolute Gasteiger partial charge is 0.191 e. The van der Waals surface area contributed by atoms with Gasteiger partial charge in [0.15, 0.2) is 5.96 Å². The van der Waals surface area contributed by atoms with Crippen LogP contribution < -0.4 is 10.6 Å². The van der Waals surface area contributed by atoms with Gasteiger partial charge in [-0.3, -0.25) is 9.89 Å². The standard InChI is InChI=1S/C15H32N4S/c1-5-16-15(17-10-6-7-11-20-4)18-12-13(2)19(3)14-8-9-14/h13-14H,5-12H2,1-4H3,(H2,16,17,18). The molecule has 0 bridgehead atoms. The maximum atomic E-state index is 4.71. The highest BCUT2D eigenvalue weighted by atomic mass is 32.2. The molecule has 1 rings (SSSR count). The van der Waals surface area contributed by atoms with Crippen LogP contribution in [-0.4, -0.2) is 61.6 Å². The number of nitrogens with one attached hydrogen (secondary N) is 2. The molecule has 4 nitrogen and oxygen atoms in total. The zero-order valence-electron chi connectivity index (χ0n) is 13.6. The van der Waals surface area contributed by atoms with E-state index in [1.807, 2.05) is 11.8 Å². The van der Waals surface area contributed by atoms with Crippen molar-refractivity contribution in [3.8, 4) is 0 Å². The van der Waals surface area contributed by atoms with E-state index >= 15 is 0 Å². The van der Waals surface area contributed by atoms with Crippen molar-refractivity contribution >= 4 is 17.7 Å². The quantitative estimate of drug-likeness (QED) is 0.368. The normalized spacial score (nSPS) is 17.4. The van der Waals surface area contributed by atoms with Gasteiger partial charge in [0.25, 0.3) is 0 Å². The molecule has 0 radical (unpaired) electrons. The average molecular weight is 301 g/mol. The van der Waals surface area contributed by atoms with Crippen LogP contribution in [0.2, 0.25) is 0 Å². The Morgan fingerprint density at radius 3 is 2.70 bits per heavy atom. The fourth-order valence-corrected chi connectivity index (χ4v) is 2.61. The summed E-state index contributed by atoms with van der Waals surface area (Å²) >= 11 is 1.92. The van der Waals surface area contributed by atoms with E-state index in [-0.39, 0.29) is 0 Å². The molecule has 1 fully saturated rings. The minimum atomic E-state index is 0.523. The number of likely N-dealkylation sites (N-methyl/N-ethyl adjacent to an activating group) is 1. The molecule has 1 aliphatic rings. The Kier molecular flexibility index (Phi) is 9.10. The lowest BCUT2D eigenvalue weighted by atomic mass is 10.3. The Morgan fingerprint density at radius 2 is 2.10 bits per heavy atom. The molecule has 118 valence electrons. The molecule has 1 saturated carbocycles. The Labute approximate surface area is 129 Å². The fraction of sp³-hybridized carbons (Fsp3) is 0.933. The van der Waals surface area contributed by atoms with Crippen molar-refractivity contribution in [1.29, 1.82) is 0 Å². The molecular formula is C15H32N4S. The van der Waals surface area contributed by atoms with Gasteiger partial charge in [-0.15, -0.1) is 0 Å². The van der Waals surface area contributed by atoms with Gasteiger partial charge in [-0.05, 0) is 58.6 Å². The Morgan fingerprint density at radius 1 is 1.35 bits per heavy atom. The minimum Gasteiger partial charge on any atom is -0.357 e. The predicted octanol–water partition coefficient (Wildman–Crippen LogP) is 2.17. The lowest BCUT2D eigenvalue weighted by Crippen LogP contribution is -2.40. The third-order valence-electron chi connectivity index (χ3n) is 3.74. The van der Waals surface area contributed by atoms with Crippen molar-refractivity contribution in [1.82, 2.24) is 15.5 Å². The van der Waals surface area contributed by atoms with E-state index in [1.54, 1.807) is 0 Å². The average Bonchev–Trinajstić information content (AvgIpc) is 3.27. The molecule has 0 spiro atoms. The maximum Gasteiger partial charge on any atom is 0.191 e. The van der Waals surface area contributed by atoms with Crippen molar-refractivity contribution in [2.24, 2.45) is 4.99 Å². The molecule has 1 atom stereocenters. The van der Waals surface area contributed by atoms with Crippen molar-refractivity contribution in [2.45, 2.75) is 51.6 Å². The van der Waals surface area contributed by atoms with Crippen LogP contribution in [0.1, 0.15) is 39.5 Å². The number of nitrogens with zero attached hydrogens (tertiary/aromatic N) is 2. The first-order valence-electron chi connectivity index (χ1n) is 7.92. The van der Waals surface area contributed by atoms with E-state index in [9.17, 15) is 0 Å². The van der Waals surface area contributed by atoms with Gasteiger partial charge in [0, 0.05) is 25.2 Å². The minimum absolute atomic E-state index is 0.523. The molecule has 0 heterocycles. The summed E-state index contributed by atoms with van der Waals surface area (Å²) in [6.45, 7) is 7.18. The summed E-state index contributed by atoms with van der Waals surface area (Å²) in [5, 5.41) is 6.76. The zero-order valence-corrected chi connectivity index (χ0v) is 14.4. The Bertz CT molecular complexity index is 279. The Hall–Kier alpha value is -0.420. The van der Waals surface area contributed by atoms with E-state index < -0.39 is 0 Å². The largest absolute Gasteiger partial charge is 0.357 e. The first-order chi connectivity index (χ1) is 9.69. The topological polar surface area (TPSA) is 39.7 Å². The van der Waals surface area contributed by atoms with Gasteiger partial charge < -0.3 is 10.6 Å². The van der Waals surface area contributed by atoms with E-state index in [0.29, 0.717) is 6.04 Å². The van der Waals surface area contributed by atoms with Crippen molar-refractivity contribution < 1.29 is 0 Å². The molecule has 0 amide bonds. The highest BCUT2D eigenvalue weighted by Crippen LogP contribution is 2.26. The predicted molar refractivity (Wildman–Crippen MR) is 91.8 cm³/mol. The van der Waals surface area contributed by atoms with Crippen LogP contribution in [0.15, 0.2) is 4.99 Å². The number of rotatable bonds is 10. The second-order valence-electron chi connectivity index (χ2n) is 5.59. The van der Waals surface area contributed by atoms with Crippen molar-refractivity contribution in [3.05, 3.63) is 0 Å². The van der Waals surface area contributed by atoms with Crippen LogP contribution in [0.4, 0.5) is 0 Å². The molecule has 5 heteroatoms. The van der Waals surface area contributed by atoms with Crippen LogP contribution in [0.5, 0.6) is 0 Å². The summed E-state index contributed by atoms with van der Waals surface area (Å²) < 4.78 is 0. The number of hydrogen-bond acceptors (Lipinski definition) is 3. The second-order valence-corrected chi connectivity index (χ2v) is 6.58. The summed E-state index contributed by atoms with van der Waals surface area (Å²) in [6.07, 6.45) is 7.37. The molecule has 1 unspecified atom stereocenters. The summed E-state index contributed by atoms with van der Waals surface area (Å²) in [5.74, 6) is 2.21. The number of thioether (sulfide) groups is 1. The van der Waals surface area contributed by atoms with Gasteiger partial charge in [0.05, 0.1) is 6.54 Å². The van der Waals surface area contributed by atoms with Crippen molar-refractivity contribution in [2.75, 3.05) is 38.7 Å². The van der Waals surface area contributed by atoms with E-state index in [0.717, 1.165) is 31.6 Å². The SMILES string of the molecule is CCNC(=NCC(C)N(C)C1CC1)NCCCCSC. The molecule has 0 aromatic heterocycles. The number of guanidine groups is 1. The first-order valence-corrected chi connectivity index (χ1v) is 9.31. The van der Waals surface area contributed by atoms with Crippen LogP contribution in [0.25, 0.3) is 0 Å². The highest BCUT2D eigenvalue weighted by Gasteiger charge is 2.28. The van der Waals surface area contributed by atoms with Gasteiger partial charge in [0.2, 0.25) is 0 Å². The zero-order chi connectivity index (χ0) is 14.8. The van der Waals surface area contributed by atoms with Crippen LogP contribution >= 0.6 is 11.8 Å². The van der Waals surface area contributed by atoms with E-state index in [2.05, 4.69) is 42.7 Å².